The first-order chi connectivity index (χ1) is 9.22. The third-order valence-electron chi connectivity index (χ3n) is 4.08. The third kappa shape index (κ3) is 3.67. The molecule has 6 nitrogen and oxygen atoms in total. The third-order valence-corrected chi connectivity index (χ3v) is 4.08. The van der Waals surface area contributed by atoms with E-state index in [1.54, 1.807) is 7.11 Å². The lowest BCUT2D eigenvalue weighted by Crippen LogP contribution is -2.47. The summed E-state index contributed by atoms with van der Waals surface area (Å²) < 4.78 is 4.83. The molecule has 0 aromatic heterocycles. The van der Waals surface area contributed by atoms with Crippen LogP contribution in [0.2, 0.25) is 0 Å². The molecular formula is C13H23N3O3. The smallest absolute Gasteiger partial charge is 0.239 e. The number of methoxy groups -OCH3 is 1. The molecule has 2 rings (SSSR count). The molecule has 1 saturated heterocycles. The zero-order chi connectivity index (χ0) is 13.7. The molecule has 0 radical (unpaired) electrons. The fourth-order valence-corrected chi connectivity index (χ4v) is 3.11. The van der Waals surface area contributed by atoms with Gasteiger partial charge in [0.25, 0.3) is 0 Å². The Kier molecular flexibility index (Phi) is 5.15. The van der Waals surface area contributed by atoms with E-state index in [-0.39, 0.29) is 24.4 Å². The average Bonchev–Trinajstić information content (AvgIpc) is 2.98. The zero-order valence-corrected chi connectivity index (χ0v) is 11.4. The Hall–Kier alpha value is -1.14. The van der Waals surface area contributed by atoms with Crippen LogP contribution in [0.3, 0.4) is 0 Å². The lowest BCUT2D eigenvalue weighted by molar-refractivity contribution is -0.127. The van der Waals surface area contributed by atoms with Gasteiger partial charge in [0.1, 0.15) is 0 Å². The van der Waals surface area contributed by atoms with Crippen LogP contribution in [0.1, 0.15) is 19.3 Å². The highest BCUT2D eigenvalue weighted by Gasteiger charge is 2.42. The molecule has 0 bridgehead atoms. The molecule has 2 aliphatic rings. The van der Waals surface area contributed by atoms with Crippen molar-refractivity contribution >= 4 is 11.8 Å². The van der Waals surface area contributed by atoms with Crippen LogP contribution in [0.4, 0.5) is 0 Å². The largest absolute Gasteiger partial charge is 0.383 e. The molecule has 1 aliphatic heterocycles. The Balaban J connectivity index is 1.68. The fraction of sp³-hybridized carbons (Fsp3) is 0.846. The van der Waals surface area contributed by atoms with Crippen molar-refractivity contribution in [3.63, 3.8) is 0 Å². The minimum absolute atomic E-state index is 0.0398. The summed E-state index contributed by atoms with van der Waals surface area (Å²) in [6, 6.07) is -0.112. The van der Waals surface area contributed by atoms with Gasteiger partial charge in [-0.1, -0.05) is 6.42 Å². The van der Waals surface area contributed by atoms with Gasteiger partial charge in [-0.15, -0.1) is 0 Å². The van der Waals surface area contributed by atoms with E-state index in [4.69, 9.17) is 4.74 Å². The SMILES string of the molecule is COCCNC(=O)CNC(=O)C1NCC2CCCC21. The first-order valence-corrected chi connectivity index (χ1v) is 6.99. The monoisotopic (exact) mass is 269 g/mol. The van der Waals surface area contributed by atoms with E-state index in [9.17, 15) is 9.59 Å². The van der Waals surface area contributed by atoms with E-state index < -0.39 is 0 Å². The maximum absolute atomic E-state index is 12.0. The molecule has 3 atom stereocenters. The molecule has 6 heteroatoms. The Morgan fingerprint density at radius 3 is 2.95 bits per heavy atom. The Morgan fingerprint density at radius 2 is 2.16 bits per heavy atom. The Bertz CT molecular complexity index is 335. The van der Waals surface area contributed by atoms with E-state index in [0.29, 0.717) is 25.0 Å². The van der Waals surface area contributed by atoms with E-state index in [1.807, 2.05) is 0 Å². The van der Waals surface area contributed by atoms with Gasteiger partial charge in [-0.3, -0.25) is 9.59 Å². The summed E-state index contributed by atoms with van der Waals surface area (Å²) in [5.41, 5.74) is 0. The van der Waals surface area contributed by atoms with Gasteiger partial charge in [0, 0.05) is 13.7 Å². The van der Waals surface area contributed by atoms with Crippen LogP contribution >= 0.6 is 0 Å². The van der Waals surface area contributed by atoms with Gasteiger partial charge in [-0.25, -0.2) is 0 Å². The number of nitrogens with one attached hydrogen (secondary N) is 3. The topological polar surface area (TPSA) is 79.5 Å². The van der Waals surface area contributed by atoms with Crippen molar-refractivity contribution in [1.82, 2.24) is 16.0 Å². The minimum atomic E-state index is -0.175. The molecule has 0 spiro atoms. The predicted molar refractivity (Wildman–Crippen MR) is 70.5 cm³/mol. The van der Waals surface area contributed by atoms with Gasteiger partial charge >= 0.3 is 0 Å². The van der Waals surface area contributed by atoms with Crippen molar-refractivity contribution in [1.29, 1.82) is 0 Å². The van der Waals surface area contributed by atoms with Crippen LogP contribution in [0, 0.1) is 11.8 Å². The maximum Gasteiger partial charge on any atom is 0.239 e. The summed E-state index contributed by atoms with van der Waals surface area (Å²) >= 11 is 0. The quantitative estimate of drug-likeness (QED) is 0.555. The molecule has 108 valence electrons. The van der Waals surface area contributed by atoms with Crippen molar-refractivity contribution in [2.75, 3.05) is 33.4 Å². The summed E-state index contributed by atoms with van der Waals surface area (Å²) in [5, 5.41) is 8.66. The highest BCUT2D eigenvalue weighted by Crippen LogP contribution is 2.37. The van der Waals surface area contributed by atoms with Gasteiger partial charge in [-0.05, 0) is 31.2 Å². The zero-order valence-electron chi connectivity index (χ0n) is 11.4. The molecule has 1 heterocycles. The molecule has 0 aromatic rings. The Labute approximate surface area is 113 Å². The predicted octanol–water partition coefficient (Wildman–Crippen LogP) is -0.747. The molecule has 3 N–H and O–H groups in total. The molecule has 3 unspecified atom stereocenters. The summed E-state index contributed by atoms with van der Waals surface area (Å²) in [6.07, 6.45) is 3.56. The highest BCUT2D eigenvalue weighted by atomic mass is 16.5. The van der Waals surface area contributed by atoms with E-state index in [0.717, 1.165) is 13.0 Å². The van der Waals surface area contributed by atoms with Crippen LogP contribution < -0.4 is 16.0 Å². The average molecular weight is 269 g/mol. The van der Waals surface area contributed by atoms with Gasteiger partial charge in [0.05, 0.1) is 19.2 Å². The first kappa shape index (κ1) is 14.3. The number of amides is 2. The van der Waals surface area contributed by atoms with Crippen molar-refractivity contribution in [2.24, 2.45) is 11.8 Å². The van der Waals surface area contributed by atoms with Crippen molar-refractivity contribution in [3.05, 3.63) is 0 Å². The second kappa shape index (κ2) is 6.86. The number of carbonyl (C=O) groups excluding carboxylic acids is 2. The van der Waals surface area contributed by atoms with Gasteiger partial charge in [0.2, 0.25) is 11.8 Å². The van der Waals surface area contributed by atoms with E-state index in [2.05, 4.69) is 16.0 Å². The number of fused-ring (bicyclic) bond motifs is 1. The van der Waals surface area contributed by atoms with Crippen molar-refractivity contribution in [2.45, 2.75) is 25.3 Å². The number of rotatable bonds is 6. The van der Waals surface area contributed by atoms with Crippen molar-refractivity contribution in [3.8, 4) is 0 Å². The molecule has 19 heavy (non-hydrogen) atoms. The summed E-state index contributed by atoms with van der Waals surface area (Å²) in [5.74, 6) is 0.880. The number of hydrogen-bond donors (Lipinski definition) is 3. The first-order valence-electron chi connectivity index (χ1n) is 6.99. The molecule has 1 aliphatic carbocycles. The number of ether oxygens (including phenoxy) is 1. The standard InChI is InChI=1S/C13H23N3O3/c1-19-6-5-14-11(17)8-16-13(18)12-10-4-2-3-9(10)7-15-12/h9-10,12,15H,2-8H2,1H3,(H,14,17)(H,16,18). The number of carbonyl (C=O) groups is 2. The van der Waals surface area contributed by atoms with Crippen LogP contribution in [0.15, 0.2) is 0 Å². The summed E-state index contributed by atoms with van der Waals surface area (Å²) in [6.45, 7) is 1.92. The second-order valence-electron chi connectivity index (χ2n) is 5.30. The normalized spacial score (nSPS) is 29.0. The van der Waals surface area contributed by atoms with Crippen LogP contribution in [0.5, 0.6) is 0 Å². The lowest BCUT2D eigenvalue weighted by Gasteiger charge is -2.17. The van der Waals surface area contributed by atoms with Crippen LogP contribution in [-0.4, -0.2) is 51.2 Å². The van der Waals surface area contributed by atoms with Crippen LogP contribution in [-0.2, 0) is 14.3 Å². The minimum Gasteiger partial charge on any atom is -0.383 e. The summed E-state index contributed by atoms with van der Waals surface area (Å²) in [4.78, 5) is 23.5. The van der Waals surface area contributed by atoms with Crippen molar-refractivity contribution < 1.29 is 14.3 Å². The van der Waals surface area contributed by atoms with E-state index >= 15 is 0 Å². The Morgan fingerprint density at radius 1 is 1.32 bits per heavy atom. The van der Waals surface area contributed by atoms with Gasteiger partial charge in [-0.2, -0.15) is 0 Å². The fourth-order valence-electron chi connectivity index (χ4n) is 3.11. The second-order valence-corrected chi connectivity index (χ2v) is 5.30. The molecular weight excluding hydrogens is 246 g/mol. The number of hydrogen-bond acceptors (Lipinski definition) is 4. The lowest BCUT2D eigenvalue weighted by atomic mass is 9.94. The molecule has 2 amide bonds. The van der Waals surface area contributed by atoms with Crippen LogP contribution in [0.25, 0.3) is 0 Å². The van der Waals surface area contributed by atoms with E-state index in [1.165, 1.54) is 12.8 Å². The summed E-state index contributed by atoms with van der Waals surface area (Å²) in [7, 11) is 1.58. The van der Waals surface area contributed by atoms with Gasteiger partial charge in [0.15, 0.2) is 0 Å². The molecule has 1 saturated carbocycles. The van der Waals surface area contributed by atoms with Gasteiger partial charge < -0.3 is 20.7 Å². The molecule has 0 aromatic carbocycles. The highest BCUT2D eigenvalue weighted by molar-refractivity contribution is 5.87. The molecule has 2 fully saturated rings. The maximum atomic E-state index is 12.0.